The van der Waals surface area contributed by atoms with Gasteiger partial charge in [0.15, 0.2) is 0 Å². The van der Waals surface area contributed by atoms with Crippen LogP contribution >= 0.6 is 12.6 Å². The molecule has 2 aromatic rings. The molecule has 1 unspecified atom stereocenters. The number of hydrogen-bond donors (Lipinski definition) is 2. The van der Waals surface area contributed by atoms with Crippen molar-refractivity contribution in [3.63, 3.8) is 0 Å². The molecule has 1 aliphatic heterocycles. The van der Waals surface area contributed by atoms with Gasteiger partial charge in [0, 0.05) is 25.4 Å². The minimum absolute atomic E-state index is 0.103. The number of hydrogen-bond acceptors (Lipinski definition) is 4. The second kappa shape index (κ2) is 7.79. The first-order valence-corrected chi connectivity index (χ1v) is 10.6. The second-order valence-corrected chi connectivity index (χ2v) is 8.41. The van der Waals surface area contributed by atoms with Crippen LogP contribution in [0.5, 0.6) is 11.5 Å². The summed E-state index contributed by atoms with van der Waals surface area (Å²) >= 11 is 4.67. The maximum absolute atomic E-state index is 10.7. The molecule has 2 aromatic carbocycles. The molecule has 0 saturated heterocycles. The molecule has 1 atom stereocenters. The number of thiol groups is 1. The van der Waals surface area contributed by atoms with Crippen molar-refractivity contribution >= 4 is 28.9 Å². The zero-order valence-electron chi connectivity index (χ0n) is 17.4. The van der Waals surface area contributed by atoms with E-state index in [1.807, 2.05) is 18.3 Å². The largest absolute Gasteiger partial charge is 0.507 e. The lowest BCUT2D eigenvalue weighted by molar-refractivity contribution is 0.415. The van der Waals surface area contributed by atoms with E-state index in [1.54, 1.807) is 7.11 Å². The average Bonchev–Trinajstić information content (AvgIpc) is 3.49. The monoisotopic (exact) mass is 408 g/mol. The number of nitrogens with zero attached hydrogens (tertiary/aromatic N) is 2. The Morgan fingerprint density at radius 3 is 2.66 bits per heavy atom. The van der Waals surface area contributed by atoms with Gasteiger partial charge in [0.05, 0.1) is 23.8 Å². The third kappa shape index (κ3) is 3.64. The molecule has 4 rings (SSSR count). The van der Waals surface area contributed by atoms with Gasteiger partial charge < -0.3 is 14.7 Å². The van der Waals surface area contributed by atoms with Crippen LogP contribution in [0.4, 0.5) is 5.69 Å². The first kappa shape index (κ1) is 19.9. The van der Waals surface area contributed by atoms with Crippen LogP contribution in [0.1, 0.15) is 53.9 Å². The number of phenols is 1. The van der Waals surface area contributed by atoms with Crippen LogP contribution in [0.25, 0.3) is 5.57 Å². The summed E-state index contributed by atoms with van der Waals surface area (Å²) in [5.74, 6) is 1.67. The van der Waals surface area contributed by atoms with Crippen molar-refractivity contribution < 1.29 is 9.84 Å². The van der Waals surface area contributed by atoms with Crippen LogP contribution < -0.4 is 9.64 Å². The van der Waals surface area contributed by atoms with Crippen molar-refractivity contribution in [1.29, 1.82) is 0 Å². The zero-order chi connectivity index (χ0) is 20.7. The molecule has 5 heteroatoms. The molecule has 1 N–H and O–H groups in total. The fraction of sp³-hybridized carbons (Fsp3) is 0.375. The Balaban J connectivity index is 1.78. The molecule has 0 bridgehead atoms. The lowest BCUT2D eigenvalue weighted by atomic mass is 9.86. The van der Waals surface area contributed by atoms with Gasteiger partial charge in [-0.3, -0.25) is 4.99 Å². The van der Waals surface area contributed by atoms with Crippen molar-refractivity contribution in [2.24, 2.45) is 4.99 Å². The molecule has 0 aromatic heterocycles. The number of benzene rings is 2. The summed E-state index contributed by atoms with van der Waals surface area (Å²) < 4.78 is 5.56. The van der Waals surface area contributed by atoms with Gasteiger partial charge in [-0.2, -0.15) is 0 Å². The normalized spacial score (nSPS) is 18.4. The zero-order valence-corrected chi connectivity index (χ0v) is 18.3. The highest BCUT2D eigenvalue weighted by Gasteiger charge is 2.31. The third-order valence-electron chi connectivity index (χ3n) is 6.04. The van der Waals surface area contributed by atoms with Gasteiger partial charge in [0.25, 0.3) is 0 Å². The summed E-state index contributed by atoms with van der Waals surface area (Å²) in [7, 11) is 3.74. The van der Waals surface area contributed by atoms with E-state index in [4.69, 9.17) is 4.74 Å². The number of ether oxygens (including phenoxy) is 1. The second-order valence-electron chi connectivity index (χ2n) is 7.95. The molecular weight excluding hydrogens is 380 g/mol. The lowest BCUT2D eigenvalue weighted by Gasteiger charge is -2.24. The molecule has 29 heavy (non-hydrogen) atoms. The number of allylic oxidation sites excluding steroid dienone is 1. The Morgan fingerprint density at radius 1 is 1.24 bits per heavy atom. The van der Waals surface area contributed by atoms with E-state index < -0.39 is 0 Å². The van der Waals surface area contributed by atoms with Gasteiger partial charge in [0.2, 0.25) is 0 Å². The smallest absolute Gasteiger partial charge is 0.142 e. The van der Waals surface area contributed by atoms with Gasteiger partial charge in [-0.15, -0.1) is 12.6 Å². The molecule has 152 valence electrons. The number of aryl methyl sites for hydroxylation is 1. The number of aliphatic imine (C=N–C) groups is 1. The van der Waals surface area contributed by atoms with Crippen molar-refractivity contribution in [2.75, 3.05) is 25.6 Å². The summed E-state index contributed by atoms with van der Waals surface area (Å²) in [5.41, 5.74) is 6.47. The molecule has 1 fully saturated rings. The molecule has 0 spiro atoms. The first-order valence-electron chi connectivity index (χ1n) is 10.1. The van der Waals surface area contributed by atoms with Gasteiger partial charge in [-0.25, -0.2) is 0 Å². The number of methoxy groups -OCH3 is 1. The summed E-state index contributed by atoms with van der Waals surface area (Å²) in [6.45, 7) is 5.06. The summed E-state index contributed by atoms with van der Waals surface area (Å²) in [4.78, 5) is 6.66. The summed E-state index contributed by atoms with van der Waals surface area (Å²) in [6.07, 6.45) is 4.31. The number of rotatable bonds is 6. The minimum Gasteiger partial charge on any atom is -0.507 e. The van der Waals surface area contributed by atoms with Crippen molar-refractivity contribution in [2.45, 2.75) is 38.5 Å². The predicted octanol–water partition coefficient (Wildman–Crippen LogP) is 5.51. The van der Waals surface area contributed by atoms with Gasteiger partial charge in [-0.05, 0) is 79.1 Å². The Hall–Kier alpha value is -2.40. The molecule has 1 saturated carbocycles. The predicted molar refractivity (Wildman–Crippen MR) is 124 cm³/mol. The van der Waals surface area contributed by atoms with Crippen molar-refractivity contribution in [1.82, 2.24) is 0 Å². The van der Waals surface area contributed by atoms with Gasteiger partial charge in [0.1, 0.15) is 11.5 Å². The molecular formula is C24H28N2O2S. The van der Waals surface area contributed by atoms with Gasteiger partial charge >= 0.3 is 0 Å². The third-order valence-corrected chi connectivity index (χ3v) is 6.41. The van der Waals surface area contributed by atoms with Crippen molar-refractivity contribution in [3.8, 4) is 11.5 Å². The standard InChI is InChI=1S/C24H28N2O2S/c1-5-26(3)20-11-16(8-9-22(20)28-4)23-19(13-25-24(23)29)18-12-17(15-6-7-15)14(2)10-21(18)27/h8-13,15,23,27H,5-7H2,1-4H3,(H,25,29). The van der Waals surface area contributed by atoms with E-state index in [2.05, 4.69) is 61.6 Å². The minimum atomic E-state index is -0.103. The molecule has 4 nitrogen and oxygen atoms in total. The van der Waals surface area contributed by atoms with E-state index in [0.29, 0.717) is 11.7 Å². The van der Waals surface area contributed by atoms with Gasteiger partial charge in [-0.1, -0.05) is 6.07 Å². The average molecular weight is 409 g/mol. The summed E-state index contributed by atoms with van der Waals surface area (Å²) in [6, 6.07) is 10.3. The highest BCUT2D eigenvalue weighted by Crippen LogP contribution is 2.47. The first-order chi connectivity index (χ1) is 13.9. The summed E-state index contributed by atoms with van der Waals surface area (Å²) in [5, 5.41) is 11.5. The Morgan fingerprint density at radius 2 is 2.00 bits per heavy atom. The number of aromatic hydroxyl groups is 1. The van der Waals surface area contributed by atoms with E-state index in [9.17, 15) is 5.11 Å². The van der Waals surface area contributed by atoms with Crippen molar-refractivity contribution in [3.05, 3.63) is 58.8 Å². The van der Waals surface area contributed by atoms with E-state index in [1.165, 1.54) is 18.4 Å². The molecule has 0 radical (unpaired) electrons. The van der Waals surface area contributed by atoms with E-state index in [-0.39, 0.29) is 5.92 Å². The molecule has 0 amide bonds. The Bertz CT molecular complexity index is 1010. The van der Waals surface area contributed by atoms with Crippen LogP contribution in [0, 0.1) is 6.92 Å². The molecule has 2 aliphatic rings. The highest BCUT2D eigenvalue weighted by atomic mass is 32.1. The lowest BCUT2D eigenvalue weighted by Crippen LogP contribution is -2.17. The Labute approximate surface area is 178 Å². The highest BCUT2D eigenvalue weighted by molar-refractivity contribution is 7.97. The van der Waals surface area contributed by atoms with Crippen LogP contribution in [0.2, 0.25) is 0 Å². The SMILES string of the molecule is CCN(C)c1cc(C2C(c3cc(C4CC4)c(C)cc3O)=CN=C2S)ccc1OC. The fourth-order valence-electron chi connectivity index (χ4n) is 4.11. The van der Waals surface area contributed by atoms with E-state index in [0.717, 1.165) is 45.3 Å². The number of anilines is 1. The van der Waals surface area contributed by atoms with E-state index >= 15 is 0 Å². The number of phenolic OH excluding ortho intramolecular Hbond substituents is 1. The molecule has 1 aliphatic carbocycles. The van der Waals surface area contributed by atoms with Crippen LogP contribution in [0.3, 0.4) is 0 Å². The topological polar surface area (TPSA) is 45.1 Å². The maximum Gasteiger partial charge on any atom is 0.142 e. The molecule has 1 heterocycles. The Kier molecular flexibility index (Phi) is 5.34. The van der Waals surface area contributed by atoms with Crippen LogP contribution in [0.15, 0.2) is 41.5 Å². The van der Waals surface area contributed by atoms with Crippen LogP contribution in [-0.4, -0.2) is 30.9 Å². The quantitative estimate of drug-likeness (QED) is 0.620. The maximum atomic E-state index is 10.7. The van der Waals surface area contributed by atoms with Crippen LogP contribution in [-0.2, 0) is 0 Å². The fourth-order valence-corrected chi connectivity index (χ4v) is 4.45.